The predicted octanol–water partition coefficient (Wildman–Crippen LogP) is 5.39. The fraction of sp³-hybridized carbons (Fsp3) is 0.333. The topological polar surface area (TPSA) is 54.0 Å². The van der Waals surface area contributed by atoms with Crippen molar-refractivity contribution in [3.8, 4) is 0 Å². The van der Waals surface area contributed by atoms with E-state index in [1.165, 1.54) is 32.1 Å². The van der Waals surface area contributed by atoms with Crippen molar-refractivity contribution in [3.63, 3.8) is 0 Å². The van der Waals surface area contributed by atoms with Crippen LogP contribution in [0.5, 0.6) is 0 Å². The number of nitrogens with one attached hydrogen (secondary N) is 2. The number of benzene rings is 1. The highest BCUT2D eigenvalue weighted by atomic mass is 35.5. The fourth-order valence-corrected chi connectivity index (χ4v) is 3.42. The van der Waals surface area contributed by atoms with Gasteiger partial charge in [-0.2, -0.15) is 0 Å². The maximum atomic E-state index is 12.3. The van der Waals surface area contributed by atoms with Gasteiger partial charge < -0.3 is 10.6 Å². The van der Waals surface area contributed by atoms with Crippen LogP contribution in [0, 0.1) is 0 Å². The third-order valence-electron chi connectivity index (χ3n) is 4.10. The van der Waals surface area contributed by atoms with E-state index >= 15 is 0 Å². The molecule has 0 atom stereocenters. The highest BCUT2D eigenvalue weighted by molar-refractivity contribution is 6.35. The maximum absolute atomic E-state index is 12.3. The van der Waals surface area contributed by atoms with Crippen molar-refractivity contribution in [2.45, 2.75) is 38.1 Å². The van der Waals surface area contributed by atoms with Gasteiger partial charge in [0.05, 0.1) is 5.56 Å². The first-order valence-corrected chi connectivity index (χ1v) is 8.86. The molecule has 0 saturated heterocycles. The van der Waals surface area contributed by atoms with Crippen LogP contribution in [-0.2, 0) is 0 Å². The van der Waals surface area contributed by atoms with Gasteiger partial charge in [-0.1, -0.05) is 42.5 Å². The number of carbonyl (C=O) groups is 1. The van der Waals surface area contributed by atoms with Crippen LogP contribution in [0.15, 0.2) is 36.5 Å². The van der Waals surface area contributed by atoms with Gasteiger partial charge in [-0.25, -0.2) is 4.98 Å². The van der Waals surface area contributed by atoms with Crippen LogP contribution in [0.2, 0.25) is 10.0 Å². The lowest BCUT2D eigenvalue weighted by Crippen LogP contribution is -2.22. The first-order chi connectivity index (χ1) is 11.6. The number of rotatable bonds is 4. The summed E-state index contributed by atoms with van der Waals surface area (Å²) >= 11 is 11.9. The molecule has 6 heteroatoms. The lowest BCUT2D eigenvalue weighted by molar-refractivity contribution is 0.102. The zero-order valence-electron chi connectivity index (χ0n) is 13.2. The molecule has 1 amide bonds. The lowest BCUT2D eigenvalue weighted by Gasteiger charge is -2.23. The number of hydrogen-bond donors (Lipinski definition) is 2. The Morgan fingerprint density at radius 3 is 2.38 bits per heavy atom. The minimum atomic E-state index is -0.245. The van der Waals surface area contributed by atoms with Crippen LogP contribution in [0.3, 0.4) is 0 Å². The second-order valence-electron chi connectivity index (χ2n) is 6.02. The molecule has 0 unspecified atom stereocenters. The third kappa shape index (κ3) is 4.62. The second kappa shape index (κ2) is 7.86. The standard InChI is InChI=1S/C18H19Cl2N3O/c19-13-8-14(20)10-16(9-13)23-18(24)12-6-7-17(21-11-12)22-15-4-2-1-3-5-15/h6-11,15H,1-5H2,(H,21,22)(H,23,24). The molecule has 1 fully saturated rings. The van der Waals surface area contributed by atoms with E-state index < -0.39 is 0 Å². The summed E-state index contributed by atoms with van der Waals surface area (Å²) < 4.78 is 0. The number of carbonyl (C=O) groups excluding carboxylic acids is 1. The van der Waals surface area contributed by atoms with E-state index in [9.17, 15) is 4.79 Å². The molecule has 1 aromatic carbocycles. The summed E-state index contributed by atoms with van der Waals surface area (Å²) in [7, 11) is 0. The number of halogens is 2. The van der Waals surface area contributed by atoms with E-state index in [0.29, 0.717) is 27.3 Å². The van der Waals surface area contributed by atoms with Crippen LogP contribution < -0.4 is 10.6 Å². The van der Waals surface area contributed by atoms with Crippen LogP contribution in [0.25, 0.3) is 0 Å². The molecule has 0 radical (unpaired) electrons. The average molecular weight is 364 g/mol. The predicted molar refractivity (Wildman–Crippen MR) is 99.1 cm³/mol. The monoisotopic (exact) mass is 363 g/mol. The molecular weight excluding hydrogens is 345 g/mol. The number of amides is 1. The first-order valence-electron chi connectivity index (χ1n) is 8.10. The molecule has 126 valence electrons. The van der Waals surface area contributed by atoms with Gasteiger partial charge >= 0.3 is 0 Å². The van der Waals surface area contributed by atoms with E-state index in [1.54, 1.807) is 30.5 Å². The van der Waals surface area contributed by atoms with Gasteiger partial charge in [0.15, 0.2) is 0 Å². The Bertz CT molecular complexity index is 692. The molecule has 1 aliphatic carbocycles. The summed E-state index contributed by atoms with van der Waals surface area (Å²) in [6, 6.07) is 9.01. The number of pyridine rings is 1. The summed E-state index contributed by atoms with van der Waals surface area (Å²) in [5, 5.41) is 7.16. The number of anilines is 2. The highest BCUT2D eigenvalue weighted by Gasteiger charge is 2.14. The van der Waals surface area contributed by atoms with Gasteiger partial charge in [-0.3, -0.25) is 4.79 Å². The molecule has 2 aromatic rings. The van der Waals surface area contributed by atoms with Gasteiger partial charge in [0.2, 0.25) is 0 Å². The molecule has 1 heterocycles. The maximum Gasteiger partial charge on any atom is 0.257 e. The van der Waals surface area contributed by atoms with E-state index in [2.05, 4.69) is 15.6 Å². The van der Waals surface area contributed by atoms with E-state index in [4.69, 9.17) is 23.2 Å². The van der Waals surface area contributed by atoms with Crippen molar-refractivity contribution >= 4 is 40.6 Å². The van der Waals surface area contributed by atoms with Gasteiger partial charge in [-0.15, -0.1) is 0 Å². The Balaban J connectivity index is 1.62. The number of nitrogens with zero attached hydrogens (tertiary/aromatic N) is 1. The van der Waals surface area contributed by atoms with Crippen molar-refractivity contribution in [1.82, 2.24) is 4.98 Å². The SMILES string of the molecule is O=C(Nc1cc(Cl)cc(Cl)c1)c1ccc(NC2CCCCC2)nc1. The normalized spacial score (nSPS) is 15.1. The molecule has 3 rings (SSSR count). The zero-order valence-corrected chi connectivity index (χ0v) is 14.7. The van der Waals surface area contributed by atoms with Crippen molar-refractivity contribution in [2.24, 2.45) is 0 Å². The van der Waals surface area contributed by atoms with E-state index in [1.807, 2.05) is 6.07 Å². The van der Waals surface area contributed by atoms with Crippen LogP contribution >= 0.6 is 23.2 Å². The van der Waals surface area contributed by atoms with Crippen molar-refractivity contribution in [3.05, 3.63) is 52.1 Å². The number of hydrogen-bond acceptors (Lipinski definition) is 3. The Hall–Kier alpha value is -1.78. The molecule has 24 heavy (non-hydrogen) atoms. The van der Waals surface area contributed by atoms with Crippen molar-refractivity contribution < 1.29 is 4.79 Å². The molecule has 0 spiro atoms. The van der Waals surface area contributed by atoms with Crippen molar-refractivity contribution in [1.29, 1.82) is 0 Å². The van der Waals surface area contributed by atoms with Gasteiger partial charge in [-0.05, 0) is 43.2 Å². The Labute approximate surface area is 151 Å². The van der Waals surface area contributed by atoms with Gasteiger partial charge in [0.25, 0.3) is 5.91 Å². The Kier molecular flexibility index (Phi) is 5.59. The van der Waals surface area contributed by atoms with Crippen LogP contribution in [0.1, 0.15) is 42.5 Å². The third-order valence-corrected chi connectivity index (χ3v) is 4.54. The summed E-state index contributed by atoms with van der Waals surface area (Å²) in [6.45, 7) is 0. The minimum absolute atomic E-state index is 0.245. The summed E-state index contributed by atoms with van der Waals surface area (Å²) in [4.78, 5) is 16.6. The Morgan fingerprint density at radius 2 is 1.75 bits per heavy atom. The molecule has 4 nitrogen and oxygen atoms in total. The minimum Gasteiger partial charge on any atom is -0.367 e. The van der Waals surface area contributed by atoms with Crippen LogP contribution in [0.4, 0.5) is 11.5 Å². The summed E-state index contributed by atoms with van der Waals surface area (Å²) in [5.41, 5.74) is 1.04. The first kappa shape index (κ1) is 17.1. The summed E-state index contributed by atoms with van der Waals surface area (Å²) in [5.74, 6) is 0.564. The van der Waals surface area contributed by atoms with Crippen LogP contribution in [-0.4, -0.2) is 16.9 Å². The molecule has 0 bridgehead atoms. The zero-order chi connectivity index (χ0) is 16.9. The molecule has 0 aliphatic heterocycles. The average Bonchev–Trinajstić information content (AvgIpc) is 2.55. The largest absolute Gasteiger partial charge is 0.367 e. The van der Waals surface area contributed by atoms with E-state index in [0.717, 1.165) is 5.82 Å². The molecule has 1 aromatic heterocycles. The van der Waals surface area contributed by atoms with Gasteiger partial charge in [0.1, 0.15) is 5.82 Å². The summed E-state index contributed by atoms with van der Waals surface area (Å²) in [6.07, 6.45) is 7.78. The molecular formula is C18H19Cl2N3O. The number of aromatic nitrogens is 1. The molecule has 2 N–H and O–H groups in total. The quantitative estimate of drug-likeness (QED) is 0.765. The molecule has 1 saturated carbocycles. The van der Waals surface area contributed by atoms with Gasteiger partial charge in [0, 0.05) is 28.0 Å². The lowest BCUT2D eigenvalue weighted by atomic mass is 9.95. The highest BCUT2D eigenvalue weighted by Crippen LogP contribution is 2.23. The molecule has 1 aliphatic rings. The second-order valence-corrected chi connectivity index (χ2v) is 6.90. The smallest absolute Gasteiger partial charge is 0.257 e. The van der Waals surface area contributed by atoms with E-state index in [-0.39, 0.29) is 5.91 Å². The Morgan fingerprint density at radius 1 is 1.04 bits per heavy atom. The fourth-order valence-electron chi connectivity index (χ4n) is 2.90. The van der Waals surface area contributed by atoms with Crippen molar-refractivity contribution in [2.75, 3.05) is 10.6 Å².